The lowest BCUT2D eigenvalue weighted by molar-refractivity contribution is -0.0498. The molecule has 1 aliphatic rings. The Balaban J connectivity index is 1.89. The number of halogens is 2. The molecular formula is C20H24F2N2O4S. The second kappa shape index (κ2) is 8.96. The van der Waals surface area contributed by atoms with Crippen LogP contribution in [0.2, 0.25) is 0 Å². The molecule has 1 saturated heterocycles. The highest BCUT2D eigenvalue weighted by Gasteiger charge is 2.26. The van der Waals surface area contributed by atoms with Gasteiger partial charge in [-0.05, 0) is 67.4 Å². The van der Waals surface area contributed by atoms with E-state index in [-0.39, 0.29) is 16.6 Å². The molecular weight excluding hydrogens is 402 g/mol. The molecule has 2 aromatic rings. The lowest BCUT2D eigenvalue weighted by Gasteiger charge is -2.26. The Morgan fingerprint density at radius 3 is 2.48 bits per heavy atom. The lowest BCUT2D eigenvalue weighted by atomic mass is 9.91. The highest BCUT2D eigenvalue weighted by atomic mass is 32.2. The van der Waals surface area contributed by atoms with Crippen molar-refractivity contribution in [3.05, 3.63) is 48.0 Å². The Morgan fingerprint density at radius 1 is 1.17 bits per heavy atom. The fraction of sp³-hybridized carbons (Fsp3) is 0.400. The molecule has 0 bridgehead atoms. The third-order valence-corrected chi connectivity index (χ3v) is 6.80. The number of alkyl halides is 2. The molecule has 0 radical (unpaired) electrons. The molecule has 0 aromatic heterocycles. The Morgan fingerprint density at radius 2 is 1.90 bits per heavy atom. The van der Waals surface area contributed by atoms with Crippen molar-refractivity contribution in [2.75, 3.05) is 31.6 Å². The van der Waals surface area contributed by atoms with Crippen molar-refractivity contribution >= 4 is 15.7 Å². The molecule has 1 heterocycles. The van der Waals surface area contributed by atoms with Gasteiger partial charge in [0.05, 0.1) is 17.7 Å². The standard InChI is InChI=1S/C20H24F2N2O4S/c1-24(15-5-7-16(8-6-15)28-20(21)22)29(25,26)17-9-10-19(27-2)18(12-17)14-4-3-11-23-13-14/h5-10,12,14,20,23H,3-4,11,13H2,1-2H3/t14-/m1/s1. The van der Waals surface area contributed by atoms with Crippen LogP contribution in [0.4, 0.5) is 14.5 Å². The summed E-state index contributed by atoms with van der Waals surface area (Å²) in [6, 6.07) is 10.3. The van der Waals surface area contributed by atoms with E-state index in [4.69, 9.17) is 4.74 Å². The average Bonchev–Trinajstić information content (AvgIpc) is 2.73. The number of benzene rings is 2. The van der Waals surface area contributed by atoms with Crippen LogP contribution in [0.3, 0.4) is 0 Å². The van der Waals surface area contributed by atoms with Gasteiger partial charge in [0.2, 0.25) is 0 Å². The van der Waals surface area contributed by atoms with Crippen molar-refractivity contribution < 1.29 is 26.7 Å². The molecule has 6 nitrogen and oxygen atoms in total. The first-order valence-electron chi connectivity index (χ1n) is 9.25. The van der Waals surface area contributed by atoms with Crippen molar-refractivity contribution in [1.29, 1.82) is 0 Å². The monoisotopic (exact) mass is 426 g/mol. The van der Waals surface area contributed by atoms with E-state index < -0.39 is 16.6 Å². The van der Waals surface area contributed by atoms with Crippen LogP contribution < -0.4 is 19.1 Å². The topological polar surface area (TPSA) is 67.9 Å². The zero-order valence-corrected chi connectivity index (χ0v) is 17.1. The van der Waals surface area contributed by atoms with Gasteiger partial charge in [-0.25, -0.2) is 8.42 Å². The van der Waals surface area contributed by atoms with Crippen LogP contribution in [-0.4, -0.2) is 42.3 Å². The molecule has 158 valence electrons. The predicted octanol–water partition coefficient (Wildman–Crippen LogP) is 3.59. The predicted molar refractivity (Wildman–Crippen MR) is 107 cm³/mol. The van der Waals surface area contributed by atoms with E-state index in [1.807, 2.05) is 0 Å². The first-order valence-corrected chi connectivity index (χ1v) is 10.7. The zero-order valence-electron chi connectivity index (χ0n) is 16.3. The third kappa shape index (κ3) is 4.79. The minimum Gasteiger partial charge on any atom is -0.496 e. The van der Waals surface area contributed by atoms with Crippen LogP contribution in [0, 0.1) is 0 Å². The van der Waals surface area contributed by atoms with Crippen LogP contribution in [0.5, 0.6) is 11.5 Å². The van der Waals surface area contributed by atoms with E-state index in [2.05, 4.69) is 10.1 Å². The van der Waals surface area contributed by atoms with E-state index in [1.165, 1.54) is 37.4 Å². The molecule has 0 aliphatic carbocycles. The summed E-state index contributed by atoms with van der Waals surface area (Å²) in [5.41, 5.74) is 1.19. The SMILES string of the molecule is COc1ccc(S(=O)(=O)N(C)c2ccc(OC(F)F)cc2)cc1[C@@H]1CCCNC1. The van der Waals surface area contributed by atoms with E-state index in [0.29, 0.717) is 11.4 Å². The van der Waals surface area contributed by atoms with E-state index in [0.717, 1.165) is 35.8 Å². The van der Waals surface area contributed by atoms with Crippen molar-refractivity contribution in [1.82, 2.24) is 5.32 Å². The quantitative estimate of drug-likeness (QED) is 0.733. The molecule has 0 spiro atoms. The normalized spacial score (nSPS) is 17.2. The highest BCUT2D eigenvalue weighted by Crippen LogP contribution is 2.34. The van der Waals surface area contributed by atoms with Crippen molar-refractivity contribution in [2.45, 2.75) is 30.3 Å². The van der Waals surface area contributed by atoms with Gasteiger partial charge in [-0.1, -0.05) is 0 Å². The maximum absolute atomic E-state index is 13.1. The lowest BCUT2D eigenvalue weighted by Crippen LogP contribution is -2.29. The molecule has 1 N–H and O–H groups in total. The van der Waals surface area contributed by atoms with Gasteiger partial charge in [0.1, 0.15) is 11.5 Å². The number of piperidine rings is 1. The van der Waals surface area contributed by atoms with Crippen LogP contribution in [-0.2, 0) is 10.0 Å². The Hall–Kier alpha value is -2.39. The van der Waals surface area contributed by atoms with Gasteiger partial charge in [-0.3, -0.25) is 4.31 Å². The first kappa shape index (κ1) is 21.3. The molecule has 29 heavy (non-hydrogen) atoms. The zero-order chi connectivity index (χ0) is 21.0. The summed E-state index contributed by atoms with van der Waals surface area (Å²) in [7, 11) is -0.857. The van der Waals surface area contributed by atoms with Crippen LogP contribution in [0.25, 0.3) is 0 Å². The molecule has 1 atom stereocenters. The van der Waals surface area contributed by atoms with Crippen molar-refractivity contribution in [3.63, 3.8) is 0 Å². The van der Waals surface area contributed by atoms with Gasteiger partial charge in [0.25, 0.3) is 10.0 Å². The highest BCUT2D eigenvalue weighted by molar-refractivity contribution is 7.92. The van der Waals surface area contributed by atoms with E-state index >= 15 is 0 Å². The number of rotatable bonds is 7. The number of hydrogen-bond donors (Lipinski definition) is 1. The fourth-order valence-corrected chi connectivity index (χ4v) is 4.67. The van der Waals surface area contributed by atoms with Crippen LogP contribution >= 0.6 is 0 Å². The largest absolute Gasteiger partial charge is 0.496 e. The van der Waals surface area contributed by atoms with Crippen molar-refractivity contribution in [2.24, 2.45) is 0 Å². The number of anilines is 1. The van der Waals surface area contributed by atoms with Crippen molar-refractivity contribution in [3.8, 4) is 11.5 Å². The summed E-state index contributed by atoms with van der Waals surface area (Å²) in [6.45, 7) is -1.22. The van der Waals surface area contributed by atoms with Crippen LogP contribution in [0.15, 0.2) is 47.4 Å². The minimum atomic E-state index is -3.85. The molecule has 0 amide bonds. The molecule has 1 fully saturated rings. The first-order chi connectivity index (χ1) is 13.8. The summed E-state index contributed by atoms with van der Waals surface area (Å²) in [5, 5.41) is 3.33. The number of methoxy groups -OCH3 is 1. The average molecular weight is 426 g/mol. The number of ether oxygens (including phenoxy) is 2. The smallest absolute Gasteiger partial charge is 0.387 e. The third-order valence-electron chi connectivity index (χ3n) is 5.02. The molecule has 3 rings (SSSR count). The number of sulfonamides is 1. The van der Waals surface area contributed by atoms with Gasteiger partial charge < -0.3 is 14.8 Å². The number of nitrogens with zero attached hydrogens (tertiary/aromatic N) is 1. The summed E-state index contributed by atoms with van der Waals surface area (Å²) in [5.74, 6) is 0.796. The molecule has 0 unspecified atom stereocenters. The van der Waals surface area contributed by atoms with Crippen LogP contribution in [0.1, 0.15) is 24.3 Å². The van der Waals surface area contributed by atoms with Gasteiger partial charge >= 0.3 is 6.61 Å². The Bertz CT molecular complexity index is 930. The molecule has 0 saturated carbocycles. The summed E-state index contributed by atoms with van der Waals surface area (Å²) >= 11 is 0. The fourth-order valence-electron chi connectivity index (χ4n) is 3.44. The number of hydrogen-bond acceptors (Lipinski definition) is 5. The maximum Gasteiger partial charge on any atom is 0.387 e. The van der Waals surface area contributed by atoms with Gasteiger partial charge in [-0.15, -0.1) is 0 Å². The van der Waals surface area contributed by atoms with Gasteiger partial charge in [-0.2, -0.15) is 8.78 Å². The Kier molecular flexibility index (Phi) is 6.59. The summed E-state index contributed by atoms with van der Waals surface area (Å²) < 4.78 is 61.8. The molecule has 9 heteroatoms. The summed E-state index contributed by atoms with van der Waals surface area (Å²) in [4.78, 5) is 0.147. The minimum absolute atomic E-state index is 0.0360. The summed E-state index contributed by atoms with van der Waals surface area (Å²) in [6.07, 6.45) is 1.96. The number of nitrogens with one attached hydrogen (secondary N) is 1. The van der Waals surface area contributed by atoms with Gasteiger partial charge in [0, 0.05) is 19.5 Å². The van der Waals surface area contributed by atoms with Gasteiger partial charge in [0.15, 0.2) is 0 Å². The van der Waals surface area contributed by atoms with E-state index in [1.54, 1.807) is 19.2 Å². The molecule has 1 aliphatic heterocycles. The molecule has 2 aromatic carbocycles. The maximum atomic E-state index is 13.1. The second-order valence-electron chi connectivity index (χ2n) is 6.79. The second-order valence-corrected chi connectivity index (χ2v) is 8.76. The Labute approximate surface area is 169 Å². The van der Waals surface area contributed by atoms with E-state index in [9.17, 15) is 17.2 Å².